The van der Waals surface area contributed by atoms with E-state index in [1.807, 2.05) is 13.8 Å². The maximum Gasteiger partial charge on any atom is 0.373 e. The predicted molar refractivity (Wildman–Crippen MR) is 102 cm³/mol. The summed E-state index contributed by atoms with van der Waals surface area (Å²) in [7, 11) is 1.30. The van der Waals surface area contributed by atoms with Gasteiger partial charge in [0.25, 0.3) is 0 Å². The molecule has 8 heteroatoms. The molecule has 0 saturated carbocycles. The van der Waals surface area contributed by atoms with Crippen LogP contribution in [0.3, 0.4) is 0 Å². The summed E-state index contributed by atoms with van der Waals surface area (Å²) < 4.78 is 11.6. The lowest BCUT2D eigenvalue weighted by atomic mass is 9.82. The highest BCUT2D eigenvalue weighted by Crippen LogP contribution is 2.26. The van der Waals surface area contributed by atoms with Crippen molar-refractivity contribution in [2.75, 3.05) is 12.4 Å². The van der Waals surface area contributed by atoms with Crippen LogP contribution >= 0.6 is 0 Å². The van der Waals surface area contributed by atoms with Crippen LogP contribution in [0.1, 0.15) is 57.4 Å². The molecule has 0 aromatic carbocycles. The Kier molecular flexibility index (Phi) is 5.98. The third kappa shape index (κ3) is 6.47. The van der Waals surface area contributed by atoms with Crippen molar-refractivity contribution in [3.63, 3.8) is 0 Å². The number of carbonyl (C=O) groups excluding carboxylic acids is 2. The molecule has 2 N–H and O–H groups in total. The Balaban J connectivity index is 1.92. The number of ether oxygens (including phenoxy) is 1. The van der Waals surface area contributed by atoms with Gasteiger partial charge in [-0.05, 0) is 37.8 Å². The summed E-state index contributed by atoms with van der Waals surface area (Å²) in [4.78, 5) is 23.7. The van der Waals surface area contributed by atoms with E-state index in [1.165, 1.54) is 7.11 Å². The van der Waals surface area contributed by atoms with Crippen LogP contribution in [-0.4, -0.2) is 34.4 Å². The molecule has 2 rings (SSSR count). The van der Waals surface area contributed by atoms with E-state index in [4.69, 9.17) is 4.42 Å². The second kappa shape index (κ2) is 7.85. The predicted octanol–water partition coefficient (Wildman–Crippen LogP) is 3.65. The van der Waals surface area contributed by atoms with Crippen LogP contribution in [-0.2, 0) is 11.3 Å². The summed E-state index contributed by atoms with van der Waals surface area (Å²) >= 11 is 0. The molecule has 148 valence electrons. The van der Waals surface area contributed by atoms with Gasteiger partial charge in [0, 0.05) is 11.7 Å². The van der Waals surface area contributed by atoms with E-state index in [0.717, 1.165) is 6.42 Å². The molecular weight excluding hydrogens is 348 g/mol. The average molecular weight is 376 g/mol. The van der Waals surface area contributed by atoms with Gasteiger partial charge in [-0.3, -0.25) is 4.68 Å². The van der Waals surface area contributed by atoms with Crippen LogP contribution in [0, 0.1) is 5.41 Å². The first kappa shape index (κ1) is 20.5. The van der Waals surface area contributed by atoms with E-state index in [9.17, 15) is 9.59 Å². The molecule has 0 fully saturated rings. The molecule has 0 aliphatic heterocycles. The highest BCUT2D eigenvalue weighted by Gasteiger charge is 2.27. The van der Waals surface area contributed by atoms with E-state index in [-0.39, 0.29) is 22.7 Å². The number of urea groups is 1. The number of esters is 1. The van der Waals surface area contributed by atoms with Crippen molar-refractivity contribution in [1.29, 1.82) is 0 Å². The van der Waals surface area contributed by atoms with Crippen molar-refractivity contribution in [1.82, 2.24) is 15.1 Å². The minimum atomic E-state index is -0.529. The van der Waals surface area contributed by atoms with Gasteiger partial charge in [-0.2, -0.15) is 5.10 Å². The van der Waals surface area contributed by atoms with Crippen molar-refractivity contribution < 1.29 is 18.7 Å². The van der Waals surface area contributed by atoms with Gasteiger partial charge in [-0.15, -0.1) is 0 Å². The number of hydrogen-bond acceptors (Lipinski definition) is 5. The Morgan fingerprint density at radius 3 is 2.56 bits per heavy atom. The first-order valence-corrected chi connectivity index (χ1v) is 8.76. The third-order valence-electron chi connectivity index (χ3n) is 3.68. The van der Waals surface area contributed by atoms with Crippen molar-refractivity contribution >= 4 is 17.7 Å². The summed E-state index contributed by atoms with van der Waals surface area (Å²) in [6.07, 6.45) is 4.09. The first-order chi connectivity index (χ1) is 12.5. The van der Waals surface area contributed by atoms with Gasteiger partial charge in [0.05, 0.1) is 25.5 Å². The Bertz CT molecular complexity index is 799. The second-order valence-electron chi connectivity index (χ2n) is 8.38. The number of aromatic nitrogens is 2. The smallest absolute Gasteiger partial charge is 0.373 e. The molecule has 0 aliphatic rings. The van der Waals surface area contributed by atoms with Crippen LogP contribution < -0.4 is 10.6 Å². The molecule has 0 aliphatic carbocycles. The number of carbonyl (C=O) groups is 2. The summed E-state index contributed by atoms with van der Waals surface area (Å²) in [6, 6.07) is 2.95. The fourth-order valence-corrected chi connectivity index (χ4v) is 3.19. The number of hydrogen-bond donors (Lipinski definition) is 2. The molecule has 0 unspecified atom stereocenters. The van der Waals surface area contributed by atoms with Gasteiger partial charge in [-0.25, -0.2) is 9.59 Å². The second-order valence-corrected chi connectivity index (χ2v) is 8.38. The van der Waals surface area contributed by atoms with E-state index in [1.54, 1.807) is 29.2 Å². The number of nitrogens with one attached hydrogen (secondary N) is 2. The fourth-order valence-electron chi connectivity index (χ4n) is 3.19. The number of anilines is 1. The topological polar surface area (TPSA) is 98.4 Å². The highest BCUT2D eigenvalue weighted by molar-refractivity contribution is 5.89. The monoisotopic (exact) mass is 376 g/mol. The standard InChI is InChI=1S/C19H28N4O4/c1-18(2,3)12-19(4,5)22-17(25)21-13-9-20-23(10-13)11-14-7-8-15(27-14)16(24)26-6/h7-10H,11-12H2,1-6H3,(H2,21,22,25). The van der Waals surface area contributed by atoms with Crippen molar-refractivity contribution in [2.24, 2.45) is 5.41 Å². The lowest BCUT2D eigenvalue weighted by Crippen LogP contribution is -2.47. The van der Waals surface area contributed by atoms with Gasteiger partial charge in [0.1, 0.15) is 5.76 Å². The zero-order chi connectivity index (χ0) is 20.2. The first-order valence-electron chi connectivity index (χ1n) is 8.76. The average Bonchev–Trinajstić information content (AvgIpc) is 3.13. The molecule has 2 heterocycles. The third-order valence-corrected chi connectivity index (χ3v) is 3.68. The summed E-state index contributed by atoms with van der Waals surface area (Å²) in [5.41, 5.74) is 0.337. The van der Waals surface area contributed by atoms with Crippen molar-refractivity contribution in [3.05, 3.63) is 36.0 Å². The van der Waals surface area contributed by atoms with Crippen LogP contribution in [0.25, 0.3) is 0 Å². The molecule has 8 nitrogen and oxygen atoms in total. The molecule has 0 spiro atoms. The number of rotatable bonds is 6. The minimum absolute atomic E-state index is 0.105. The molecule has 0 saturated heterocycles. The largest absolute Gasteiger partial charge is 0.463 e. The Morgan fingerprint density at radius 1 is 1.22 bits per heavy atom. The summed E-state index contributed by atoms with van der Waals surface area (Å²) in [5, 5.41) is 9.96. The lowest BCUT2D eigenvalue weighted by Gasteiger charge is -2.33. The van der Waals surface area contributed by atoms with Gasteiger partial charge in [-0.1, -0.05) is 20.8 Å². The van der Waals surface area contributed by atoms with Crippen LogP contribution in [0.5, 0.6) is 0 Å². The molecule has 2 aromatic heterocycles. The summed E-state index contributed by atoms with van der Waals surface area (Å²) in [5.74, 6) is 0.165. The lowest BCUT2D eigenvalue weighted by molar-refractivity contribution is 0.0562. The van der Waals surface area contributed by atoms with Gasteiger partial charge in [0.15, 0.2) is 0 Å². The summed E-state index contributed by atoms with van der Waals surface area (Å²) in [6.45, 7) is 10.7. The van der Waals surface area contributed by atoms with Crippen LogP contribution in [0.2, 0.25) is 0 Å². The number of amides is 2. The van der Waals surface area contributed by atoms with Crippen LogP contribution in [0.4, 0.5) is 10.5 Å². The number of methoxy groups -OCH3 is 1. The Labute approximate surface area is 159 Å². The maximum atomic E-state index is 12.3. The highest BCUT2D eigenvalue weighted by atomic mass is 16.5. The quantitative estimate of drug-likeness (QED) is 0.750. The van der Waals surface area contributed by atoms with Crippen molar-refractivity contribution in [3.8, 4) is 0 Å². The van der Waals surface area contributed by atoms with Gasteiger partial charge >= 0.3 is 12.0 Å². The molecular formula is C19H28N4O4. The van der Waals surface area contributed by atoms with E-state index >= 15 is 0 Å². The molecule has 0 radical (unpaired) electrons. The maximum absolute atomic E-state index is 12.3. The number of furan rings is 1. The van der Waals surface area contributed by atoms with Gasteiger partial charge < -0.3 is 19.8 Å². The normalized spacial score (nSPS) is 11.9. The van der Waals surface area contributed by atoms with E-state index in [0.29, 0.717) is 18.0 Å². The zero-order valence-electron chi connectivity index (χ0n) is 16.8. The number of nitrogens with zero attached hydrogens (tertiary/aromatic N) is 2. The van der Waals surface area contributed by atoms with Crippen LogP contribution in [0.15, 0.2) is 28.9 Å². The SMILES string of the molecule is COC(=O)c1ccc(Cn2cc(NC(=O)NC(C)(C)CC(C)(C)C)cn2)o1. The zero-order valence-corrected chi connectivity index (χ0v) is 16.8. The van der Waals surface area contributed by atoms with E-state index < -0.39 is 5.97 Å². The van der Waals surface area contributed by atoms with Crippen molar-refractivity contribution in [2.45, 2.75) is 53.1 Å². The fraction of sp³-hybridized carbons (Fsp3) is 0.526. The molecule has 2 amide bonds. The van der Waals surface area contributed by atoms with E-state index in [2.05, 4.69) is 41.2 Å². The molecule has 2 aromatic rings. The van der Waals surface area contributed by atoms with Gasteiger partial charge in [0.2, 0.25) is 5.76 Å². The Hall–Kier alpha value is -2.77. The molecule has 0 bridgehead atoms. The minimum Gasteiger partial charge on any atom is -0.463 e. The Morgan fingerprint density at radius 2 is 1.93 bits per heavy atom. The molecule has 0 atom stereocenters. The molecule has 27 heavy (non-hydrogen) atoms.